The second-order valence-corrected chi connectivity index (χ2v) is 5.04. The molecule has 0 aromatic carbocycles. The maximum Gasteiger partial charge on any atom is 0.202 e. The number of nitrogens with one attached hydrogen (secondary N) is 1. The van der Waals surface area contributed by atoms with Gasteiger partial charge in [0.2, 0.25) is 5.13 Å². The first kappa shape index (κ1) is 11.4. The predicted molar refractivity (Wildman–Crippen MR) is 61.9 cm³/mol. The predicted octanol–water partition coefficient (Wildman–Crippen LogP) is 3.12. The molecule has 1 unspecified atom stereocenters. The quantitative estimate of drug-likeness (QED) is 0.835. The molecular weight excluding hydrogens is 194 g/mol. The van der Waals surface area contributed by atoms with Gasteiger partial charge in [0.25, 0.3) is 0 Å². The van der Waals surface area contributed by atoms with Gasteiger partial charge in [-0.3, -0.25) is 0 Å². The molecule has 0 amide bonds. The van der Waals surface area contributed by atoms with Gasteiger partial charge in [0.05, 0.1) is 0 Å². The lowest BCUT2D eigenvalue weighted by molar-refractivity contribution is 0.559. The molecule has 14 heavy (non-hydrogen) atoms. The van der Waals surface area contributed by atoms with E-state index in [1.807, 2.05) is 0 Å². The molecule has 0 radical (unpaired) electrons. The molecule has 4 heteroatoms. The van der Waals surface area contributed by atoms with Crippen molar-refractivity contribution in [3.05, 3.63) is 5.82 Å². The van der Waals surface area contributed by atoms with Gasteiger partial charge >= 0.3 is 0 Å². The highest BCUT2D eigenvalue weighted by Gasteiger charge is 2.11. The summed E-state index contributed by atoms with van der Waals surface area (Å²) in [6, 6.07) is 0.447. The van der Waals surface area contributed by atoms with E-state index in [9.17, 15) is 0 Å². The van der Waals surface area contributed by atoms with Gasteiger partial charge in [-0.2, -0.15) is 4.37 Å². The summed E-state index contributed by atoms with van der Waals surface area (Å²) >= 11 is 1.45. The number of rotatable bonds is 4. The molecule has 0 aliphatic heterocycles. The van der Waals surface area contributed by atoms with Crippen LogP contribution >= 0.6 is 11.5 Å². The highest BCUT2D eigenvalue weighted by Crippen LogP contribution is 2.19. The van der Waals surface area contributed by atoms with Crippen LogP contribution in [0.4, 0.5) is 5.13 Å². The molecule has 1 atom stereocenters. The van der Waals surface area contributed by atoms with Gasteiger partial charge in [-0.25, -0.2) is 4.98 Å². The summed E-state index contributed by atoms with van der Waals surface area (Å²) in [6.45, 7) is 10.8. The zero-order valence-corrected chi connectivity index (χ0v) is 10.4. The summed E-state index contributed by atoms with van der Waals surface area (Å²) in [5.74, 6) is 1.96. The second kappa shape index (κ2) is 4.73. The lowest BCUT2D eigenvalue weighted by Crippen LogP contribution is -2.21. The van der Waals surface area contributed by atoms with Crippen LogP contribution in [0.5, 0.6) is 0 Å². The first-order valence-electron chi connectivity index (χ1n) is 5.10. The third-order valence-corrected chi connectivity index (χ3v) is 2.97. The Morgan fingerprint density at radius 2 is 1.79 bits per heavy atom. The maximum absolute atomic E-state index is 4.43. The molecule has 1 rings (SSSR count). The molecule has 1 aromatic rings. The molecule has 0 saturated carbocycles. The average Bonchev–Trinajstić information content (AvgIpc) is 2.52. The fraction of sp³-hybridized carbons (Fsp3) is 0.800. The third-order valence-electron chi connectivity index (χ3n) is 2.31. The Labute approximate surface area is 90.1 Å². The maximum atomic E-state index is 4.43. The molecule has 0 spiro atoms. The lowest BCUT2D eigenvalue weighted by atomic mass is 10.1. The topological polar surface area (TPSA) is 37.8 Å². The highest BCUT2D eigenvalue weighted by molar-refractivity contribution is 7.09. The molecule has 0 aliphatic rings. The van der Waals surface area contributed by atoms with Crippen molar-refractivity contribution in [1.82, 2.24) is 9.36 Å². The minimum Gasteiger partial charge on any atom is -0.358 e. The van der Waals surface area contributed by atoms with Gasteiger partial charge < -0.3 is 5.32 Å². The Morgan fingerprint density at radius 3 is 2.21 bits per heavy atom. The van der Waals surface area contributed by atoms with E-state index >= 15 is 0 Å². The first-order valence-corrected chi connectivity index (χ1v) is 5.88. The standard InChI is InChI=1S/C10H19N3S/c1-6(2)8(5)11-10-12-9(7(3)4)13-14-10/h6-8H,1-5H3,(H,11,12,13). The minimum atomic E-state index is 0.413. The molecule has 0 fully saturated rings. The van der Waals surface area contributed by atoms with E-state index in [4.69, 9.17) is 0 Å². The normalized spacial score (nSPS) is 13.6. The molecule has 0 saturated heterocycles. The Balaban J connectivity index is 2.60. The molecule has 1 N–H and O–H groups in total. The van der Waals surface area contributed by atoms with E-state index in [2.05, 4.69) is 49.3 Å². The van der Waals surface area contributed by atoms with Crippen molar-refractivity contribution >= 4 is 16.7 Å². The Morgan fingerprint density at radius 1 is 1.14 bits per heavy atom. The molecule has 80 valence electrons. The van der Waals surface area contributed by atoms with Gasteiger partial charge in [0.15, 0.2) is 0 Å². The van der Waals surface area contributed by atoms with Crippen LogP contribution in [0, 0.1) is 5.92 Å². The SMILES string of the molecule is CC(C)c1nsc(NC(C)C(C)C)n1. The van der Waals surface area contributed by atoms with Crippen molar-refractivity contribution in [1.29, 1.82) is 0 Å². The molecular formula is C10H19N3S. The summed E-state index contributed by atoms with van der Waals surface area (Å²) in [5, 5.41) is 4.30. The zero-order valence-electron chi connectivity index (χ0n) is 9.53. The van der Waals surface area contributed by atoms with Crippen LogP contribution in [-0.4, -0.2) is 15.4 Å². The van der Waals surface area contributed by atoms with E-state index < -0.39 is 0 Å². The van der Waals surface area contributed by atoms with Gasteiger partial charge in [-0.15, -0.1) is 0 Å². The Kier molecular flexibility index (Phi) is 3.86. The van der Waals surface area contributed by atoms with Crippen LogP contribution < -0.4 is 5.32 Å². The third kappa shape index (κ3) is 2.94. The monoisotopic (exact) mass is 213 g/mol. The van der Waals surface area contributed by atoms with Gasteiger partial charge in [-0.1, -0.05) is 27.7 Å². The minimum absolute atomic E-state index is 0.413. The van der Waals surface area contributed by atoms with E-state index in [1.165, 1.54) is 11.5 Å². The first-order chi connectivity index (χ1) is 6.50. The van der Waals surface area contributed by atoms with Crippen LogP contribution in [0.15, 0.2) is 0 Å². The van der Waals surface area contributed by atoms with Crippen molar-refractivity contribution in [2.45, 2.75) is 46.6 Å². The van der Waals surface area contributed by atoms with Crippen molar-refractivity contribution in [3.8, 4) is 0 Å². The summed E-state index contributed by atoms with van der Waals surface area (Å²) in [4.78, 5) is 4.43. The number of nitrogens with zero attached hydrogens (tertiary/aromatic N) is 2. The fourth-order valence-electron chi connectivity index (χ4n) is 0.889. The Bertz CT molecular complexity index is 281. The zero-order chi connectivity index (χ0) is 10.7. The Hall–Kier alpha value is -0.640. The van der Waals surface area contributed by atoms with Crippen LogP contribution in [-0.2, 0) is 0 Å². The summed E-state index contributed by atoms with van der Waals surface area (Å²) in [5.41, 5.74) is 0. The smallest absolute Gasteiger partial charge is 0.202 e. The van der Waals surface area contributed by atoms with E-state index in [-0.39, 0.29) is 0 Å². The van der Waals surface area contributed by atoms with Crippen molar-refractivity contribution in [3.63, 3.8) is 0 Å². The largest absolute Gasteiger partial charge is 0.358 e. The highest BCUT2D eigenvalue weighted by atomic mass is 32.1. The molecule has 0 bridgehead atoms. The van der Waals surface area contributed by atoms with Crippen LogP contribution in [0.25, 0.3) is 0 Å². The molecule has 1 aromatic heterocycles. The van der Waals surface area contributed by atoms with Gasteiger partial charge in [0.1, 0.15) is 5.82 Å². The lowest BCUT2D eigenvalue weighted by Gasteiger charge is -2.15. The molecule has 0 aliphatic carbocycles. The van der Waals surface area contributed by atoms with Crippen molar-refractivity contribution in [2.75, 3.05) is 5.32 Å². The van der Waals surface area contributed by atoms with Crippen molar-refractivity contribution < 1.29 is 0 Å². The van der Waals surface area contributed by atoms with Crippen LogP contribution in [0.3, 0.4) is 0 Å². The molecule has 3 nitrogen and oxygen atoms in total. The van der Waals surface area contributed by atoms with Gasteiger partial charge in [-0.05, 0) is 12.8 Å². The number of anilines is 1. The average molecular weight is 213 g/mol. The number of hydrogen-bond acceptors (Lipinski definition) is 4. The second-order valence-electron chi connectivity index (χ2n) is 4.29. The van der Waals surface area contributed by atoms with E-state index in [0.29, 0.717) is 17.9 Å². The fourth-order valence-corrected chi connectivity index (χ4v) is 1.69. The van der Waals surface area contributed by atoms with Gasteiger partial charge in [0, 0.05) is 23.5 Å². The van der Waals surface area contributed by atoms with Crippen LogP contribution in [0.1, 0.15) is 46.4 Å². The number of aromatic nitrogens is 2. The van der Waals surface area contributed by atoms with E-state index in [1.54, 1.807) is 0 Å². The number of hydrogen-bond donors (Lipinski definition) is 1. The van der Waals surface area contributed by atoms with E-state index in [0.717, 1.165) is 11.0 Å². The van der Waals surface area contributed by atoms with Crippen molar-refractivity contribution in [2.24, 2.45) is 5.92 Å². The van der Waals surface area contributed by atoms with Crippen LogP contribution in [0.2, 0.25) is 0 Å². The molecule has 1 heterocycles. The summed E-state index contributed by atoms with van der Waals surface area (Å²) in [6.07, 6.45) is 0. The summed E-state index contributed by atoms with van der Waals surface area (Å²) in [7, 11) is 0. The summed E-state index contributed by atoms with van der Waals surface area (Å²) < 4.78 is 4.30.